The molecule has 4 nitrogen and oxygen atoms in total. The molecule has 2 aliphatic rings. The first-order valence-corrected chi connectivity index (χ1v) is 9.72. The average molecular weight is 422 g/mol. The van der Waals surface area contributed by atoms with Gasteiger partial charge < -0.3 is 15.5 Å². The molecule has 1 saturated carbocycles. The van der Waals surface area contributed by atoms with Crippen LogP contribution in [0.2, 0.25) is 0 Å². The van der Waals surface area contributed by atoms with Gasteiger partial charge in [0.05, 0.1) is 11.6 Å². The van der Waals surface area contributed by atoms with E-state index in [2.05, 4.69) is 10.3 Å². The number of allylic oxidation sites excluding steroid dienone is 3. The van der Waals surface area contributed by atoms with Crippen LogP contribution in [0.5, 0.6) is 0 Å². The minimum atomic E-state index is -4.92. The summed E-state index contributed by atoms with van der Waals surface area (Å²) >= 11 is 0. The van der Waals surface area contributed by atoms with Crippen molar-refractivity contribution in [3.63, 3.8) is 0 Å². The molecule has 3 unspecified atom stereocenters. The van der Waals surface area contributed by atoms with E-state index in [0.29, 0.717) is 16.6 Å². The zero-order valence-corrected chi connectivity index (χ0v) is 16.4. The van der Waals surface area contributed by atoms with Crippen LogP contribution in [0.3, 0.4) is 0 Å². The number of nitrogens with one attached hydrogen (secondary N) is 1. The standard InChI is InChI=1S/C22H22F4N2O2/c1-11-10-21(30,22(24,25)26)20(14-8-9-15(23)19(29)18(11)14)28-17-5-3-4-16-13(17)7-6-12(2)27-16/h3-9,11,14,18,20,28-30H,10H2,1-2H3/t11-,14?,18?,20?,21-/m1/s1. The van der Waals surface area contributed by atoms with Gasteiger partial charge >= 0.3 is 6.18 Å². The Bertz CT molecular complexity index is 1050. The van der Waals surface area contributed by atoms with Crippen molar-refractivity contribution in [3.8, 4) is 0 Å². The summed E-state index contributed by atoms with van der Waals surface area (Å²) in [6.07, 6.45) is -3.32. The number of alkyl halides is 3. The number of nitrogens with zero attached hydrogens (tertiary/aromatic N) is 1. The first-order chi connectivity index (χ1) is 14.0. The van der Waals surface area contributed by atoms with Crippen LogP contribution in [-0.2, 0) is 0 Å². The Kier molecular flexibility index (Phi) is 4.80. The van der Waals surface area contributed by atoms with Gasteiger partial charge in [-0.25, -0.2) is 4.39 Å². The van der Waals surface area contributed by atoms with Crippen molar-refractivity contribution in [2.75, 3.05) is 5.32 Å². The van der Waals surface area contributed by atoms with Crippen LogP contribution in [0.4, 0.5) is 23.2 Å². The summed E-state index contributed by atoms with van der Waals surface area (Å²) in [5, 5.41) is 24.6. The lowest BCUT2D eigenvalue weighted by molar-refractivity contribution is -0.284. The number of hydrogen-bond acceptors (Lipinski definition) is 4. The number of rotatable bonds is 2. The van der Waals surface area contributed by atoms with Crippen molar-refractivity contribution in [2.45, 2.75) is 38.1 Å². The predicted molar refractivity (Wildman–Crippen MR) is 106 cm³/mol. The fourth-order valence-corrected chi connectivity index (χ4v) is 4.83. The highest BCUT2D eigenvalue weighted by molar-refractivity contribution is 5.91. The van der Waals surface area contributed by atoms with E-state index >= 15 is 0 Å². The zero-order valence-electron chi connectivity index (χ0n) is 16.4. The molecule has 4 rings (SSSR count). The topological polar surface area (TPSA) is 65.4 Å². The Morgan fingerprint density at radius 3 is 2.63 bits per heavy atom. The summed E-state index contributed by atoms with van der Waals surface area (Å²) in [6, 6.07) is 7.01. The maximum atomic E-state index is 14.1. The number of benzene rings is 1. The smallest absolute Gasteiger partial charge is 0.419 e. The summed E-state index contributed by atoms with van der Waals surface area (Å²) in [7, 11) is 0. The van der Waals surface area contributed by atoms with Crippen LogP contribution < -0.4 is 5.32 Å². The molecule has 2 aromatic rings. The Hall–Kier alpha value is -2.61. The van der Waals surface area contributed by atoms with E-state index < -0.39 is 53.6 Å². The summed E-state index contributed by atoms with van der Waals surface area (Å²) in [6.45, 7) is 3.30. The molecule has 3 N–H and O–H groups in total. The van der Waals surface area contributed by atoms with Crippen molar-refractivity contribution < 1.29 is 27.8 Å². The Morgan fingerprint density at radius 1 is 1.20 bits per heavy atom. The fourth-order valence-electron chi connectivity index (χ4n) is 4.83. The van der Waals surface area contributed by atoms with Gasteiger partial charge in [-0.05, 0) is 49.6 Å². The number of pyridine rings is 1. The third-order valence-corrected chi connectivity index (χ3v) is 6.26. The number of aliphatic hydroxyl groups excluding tert-OH is 1. The summed E-state index contributed by atoms with van der Waals surface area (Å²) in [4.78, 5) is 4.39. The summed E-state index contributed by atoms with van der Waals surface area (Å²) in [5.74, 6) is -4.04. The third kappa shape index (κ3) is 3.14. The van der Waals surface area contributed by atoms with Gasteiger partial charge in [0, 0.05) is 28.6 Å². The van der Waals surface area contributed by atoms with Crippen LogP contribution in [0, 0.1) is 24.7 Å². The Morgan fingerprint density at radius 2 is 1.93 bits per heavy atom. The van der Waals surface area contributed by atoms with Crippen LogP contribution in [0.1, 0.15) is 19.0 Å². The molecule has 2 aliphatic carbocycles. The predicted octanol–water partition coefficient (Wildman–Crippen LogP) is 5.20. The zero-order chi connectivity index (χ0) is 21.8. The van der Waals surface area contributed by atoms with Gasteiger partial charge in [-0.1, -0.05) is 19.1 Å². The van der Waals surface area contributed by atoms with Gasteiger partial charge in [0.25, 0.3) is 0 Å². The number of fused-ring (bicyclic) bond motifs is 2. The molecule has 0 saturated heterocycles. The lowest BCUT2D eigenvalue weighted by Crippen LogP contribution is -2.65. The van der Waals surface area contributed by atoms with Crippen molar-refractivity contribution in [2.24, 2.45) is 17.8 Å². The average Bonchev–Trinajstić information content (AvgIpc) is 2.66. The van der Waals surface area contributed by atoms with Gasteiger partial charge in [-0.15, -0.1) is 0 Å². The van der Waals surface area contributed by atoms with E-state index in [1.165, 1.54) is 13.0 Å². The van der Waals surface area contributed by atoms with Crippen LogP contribution in [0.15, 0.2) is 54.1 Å². The lowest BCUT2D eigenvalue weighted by atomic mass is 9.61. The van der Waals surface area contributed by atoms with Crippen molar-refractivity contribution in [1.29, 1.82) is 0 Å². The summed E-state index contributed by atoms with van der Waals surface area (Å²) < 4.78 is 56.2. The number of hydrogen-bond donors (Lipinski definition) is 3. The van der Waals surface area contributed by atoms with E-state index in [4.69, 9.17) is 0 Å². The molecule has 0 amide bonds. The molecule has 1 aromatic heterocycles. The number of aryl methyl sites for hydroxylation is 1. The van der Waals surface area contributed by atoms with Crippen LogP contribution in [0.25, 0.3) is 10.9 Å². The minimum absolute atomic E-state index is 0.379. The number of aromatic nitrogens is 1. The van der Waals surface area contributed by atoms with Crippen molar-refractivity contribution in [1.82, 2.24) is 4.98 Å². The maximum absolute atomic E-state index is 14.1. The quantitative estimate of drug-likeness (QED) is 0.582. The number of anilines is 1. The highest BCUT2D eigenvalue weighted by atomic mass is 19.4. The van der Waals surface area contributed by atoms with Gasteiger partial charge in [-0.3, -0.25) is 4.98 Å². The minimum Gasteiger partial charge on any atom is -0.509 e. The first kappa shape index (κ1) is 20.7. The van der Waals surface area contributed by atoms with E-state index in [9.17, 15) is 27.8 Å². The molecular weight excluding hydrogens is 400 g/mol. The van der Waals surface area contributed by atoms with E-state index in [1.807, 2.05) is 6.92 Å². The molecule has 0 bridgehead atoms. The first-order valence-electron chi connectivity index (χ1n) is 9.72. The van der Waals surface area contributed by atoms with Gasteiger partial charge in [-0.2, -0.15) is 13.2 Å². The molecule has 1 aromatic carbocycles. The second-order valence-electron chi connectivity index (χ2n) is 8.25. The van der Waals surface area contributed by atoms with E-state index in [0.717, 1.165) is 11.8 Å². The molecular formula is C22H22F4N2O2. The number of halogens is 4. The highest BCUT2D eigenvalue weighted by Gasteiger charge is 2.65. The highest BCUT2D eigenvalue weighted by Crippen LogP contribution is 2.53. The Labute approximate surface area is 170 Å². The van der Waals surface area contributed by atoms with Gasteiger partial charge in [0.15, 0.2) is 11.4 Å². The third-order valence-electron chi connectivity index (χ3n) is 6.26. The largest absolute Gasteiger partial charge is 0.509 e. The molecule has 0 aliphatic heterocycles. The van der Waals surface area contributed by atoms with Crippen molar-refractivity contribution >= 4 is 16.6 Å². The van der Waals surface area contributed by atoms with Crippen LogP contribution in [-0.4, -0.2) is 33.0 Å². The molecule has 0 spiro atoms. The second kappa shape index (κ2) is 6.97. The maximum Gasteiger partial charge on any atom is 0.419 e. The van der Waals surface area contributed by atoms with Crippen LogP contribution >= 0.6 is 0 Å². The molecule has 1 heterocycles. The summed E-state index contributed by atoms with van der Waals surface area (Å²) in [5.41, 5.74) is -1.32. The monoisotopic (exact) mass is 422 g/mol. The van der Waals surface area contributed by atoms with Gasteiger partial charge in [0.2, 0.25) is 0 Å². The Balaban J connectivity index is 1.83. The van der Waals surface area contributed by atoms with E-state index in [-0.39, 0.29) is 0 Å². The lowest BCUT2D eigenvalue weighted by Gasteiger charge is -2.51. The normalized spacial score (nSPS) is 31.7. The molecule has 0 radical (unpaired) electrons. The number of aliphatic hydroxyl groups is 2. The van der Waals surface area contributed by atoms with Gasteiger partial charge in [0.1, 0.15) is 5.76 Å². The molecule has 160 valence electrons. The SMILES string of the molecule is Cc1ccc2c(NC3C4C=CC(F)=C(O)C4[C@H](C)C[C@]3(O)C(F)(F)F)cccc2n1. The molecule has 1 fully saturated rings. The second-order valence-corrected chi connectivity index (χ2v) is 8.25. The molecule has 5 atom stereocenters. The molecule has 8 heteroatoms. The van der Waals surface area contributed by atoms with E-state index in [1.54, 1.807) is 30.3 Å². The fraction of sp³-hybridized carbons (Fsp3) is 0.409. The molecule has 30 heavy (non-hydrogen) atoms. The van der Waals surface area contributed by atoms with Crippen molar-refractivity contribution in [3.05, 3.63) is 59.8 Å².